The molecule has 0 radical (unpaired) electrons. The second kappa shape index (κ2) is 4.57. The van der Waals surface area contributed by atoms with Crippen LogP contribution >= 0.6 is 0 Å². The van der Waals surface area contributed by atoms with Crippen molar-refractivity contribution in [3.8, 4) is 11.5 Å². The number of methoxy groups -OCH3 is 1. The van der Waals surface area contributed by atoms with Crippen molar-refractivity contribution >= 4 is 0 Å². The van der Waals surface area contributed by atoms with Crippen molar-refractivity contribution in [2.45, 2.75) is 33.8 Å². The molecule has 0 amide bonds. The van der Waals surface area contributed by atoms with Gasteiger partial charge >= 0.3 is 0 Å². The monoisotopic (exact) mass is 236 g/mol. The fourth-order valence-corrected chi connectivity index (χ4v) is 2.11. The van der Waals surface area contributed by atoms with Crippen LogP contribution in [0, 0.1) is 27.7 Å². The number of epoxide rings is 1. The molecule has 1 aliphatic rings. The van der Waals surface area contributed by atoms with E-state index in [-0.39, 0.29) is 6.10 Å². The molecule has 17 heavy (non-hydrogen) atoms. The Labute approximate surface area is 103 Å². The van der Waals surface area contributed by atoms with Gasteiger partial charge in [-0.15, -0.1) is 0 Å². The maximum Gasteiger partial charge on any atom is 0.126 e. The smallest absolute Gasteiger partial charge is 0.126 e. The van der Waals surface area contributed by atoms with Gasteiger partial charge < -0.3 is 14.2 Å². The lowest BCUT2D eigenvalue weighted by Gasteiger charge is -2.19. The van der Waals surface area contributed by atoms with Crippen LogP contribution in [0.1, 0.15) is 22.3 Å². The van der Waals surface area contributed by atoms with Gasteiger partial charge in [0.2, 0.25) is 0 Å². The number of benzene rings is 1. The SMILES string of the molecule is COc1c(C)c(C)c(OCC2CO2)c(C)c1C. The standard InChI is InChI=1S/C14H20O3/c1-8-10(3)14(17-7-12-6-16-12)11(4)9(2)13(8)15-5/h12H,6-7H2,1-5H3. The van der Waals surface area contributed by atoms with Crippen LogP contribution in [0.3, 0.4) is 0 Å². The molecule has 1 heterocycles. The predicted molar refractivity (Wildman–Crippen MR) is 67.2 cm³/mol. The van der Waals surface area contributed by atoms with Gasteiger partial charge in [0, 0.05) is 0 Å². The van der Waals surface area contributed by atoms with Gasteiger partial charge in [0.05, 0.1) is 13.7 Å². The van der Waals surface area contributed by atoms with Crippen molar-refractivity contribution in [2.75, 3.05) is 20.3 Å². The first-order valence-electron chi connectivity index (χ1n) is 5.95. The predicted octanol–water partition coefficient (Wildman–Crippen LogP) is 2.71. The summed E-state index contributed by atoms with van der Waals surface area (Å²) in [6, 6.07) is 0. The second-order valence-electron chi connectivity index (χ2n) is 4.63. The van der Waals surface area contributed by atoms with E-state index in [1.807, 2.05) is 0 Å². The van der Waals surface area contributed by atoms with Crippen LogP contribution < -0.4 is 9.47 Å². The molecule has 0 spiro atoms. The fraction of sp³-hybridized carbons (Fsp3) is 0.571. The minimum atomic E-state index is 0.288. The highest BCUT2D eigenvalue weighted by atomic mass is 16.6. The zero-order valence-electron chi connectivity index (χ0n) is 11.2. The van der Waals surface area contributed by atoms with E-state index in [2.05, 4.69) is 27.7 Å². The topological polar surface area (TPSA) is 31.0 Å². The number of rotatable bonds is 4. The van der Waals surface area contributed by atoms with Crippen molar-refractivity contribution < 1.29 is 14.2 Å². The van der Waals surface area contributed by atoms with Gasteiger partial charge in [-0.05, 0) is 49.9 Å². The molecule has 1 aromatic carbocycles. The minimum absolute atomic E-state index is 0.288. The van der Waals surface area contributed by atoms with Crippen LogP contribution in [0.25, 0.3) is 0 Å². The van der Waals surface area contributed by atoms with E-state index in [4.69, 9.17) is 14.2 Å². The zero-order chi connectivity index (χ0) is 12.6. The summed E-state index contributed by atoms with van der Waals surface area (Å²) in [6.07, 6.45) is 0.288. The molecule has 1 saturated heterocycles. The lowest BCUT2D eigenvalue weighted by atomic mass is 9.98. The van der Waals surface area contributed by atoms with E-state index in [0.29, 0.717) is 6.61 Å². The highest BCUT2D eigenvalue weighted by molar-refractivity contribution is 5.57. The van der Waals surface area contributed by atoms with E-state index >= 15 is 0 Å². The summed E-state index contributed by atoms with van der Waals surface area (Å²) in [4.78, 5) is 0. The molecule has 0 N–H and O–H groups in total. The maximum absolute atomic E-state index is 5.87. The Morgan fingerprint density at radius 3 is 1.88 bits per heavy atom. The van der Waals surface area contributed by atoms with Gasteiger partial charge in [0.15, 0.2) is 0 Å². The summed E-state index contributed by atoms with van der Waals surface area (Å²) in [5.74, 6) is 1.95. The van der Waals surface area contributed by atoms with E-state index in [1.54, 1.807) is 7.11 Å². The molecule has 0 saturated carbocycles. The molecule has 1 aromatic rings. The van der Waals surface area contributed by atoms with E-state index in [9.17, 15) is 0 Å². The molecule has 0 aromatic heterocycles. The molecule has 3 heteroatoms. The summed E-state index contributed by atoms with van der Waals surface area (Å²) in [5, 5.41) is 0. The highest BCUT2D eigenvalue weighted by Gasteiger charge is 2.24. The average molecular weight is 236 g/mol. The Kier molecular flexibility index (Phi) is 3.29. The summed E-state index contributed by atoms with van der Waals surface area (Å²) in [5.41, 5.74) is 4.63. The normalized spacial score (nSPS) is 18.1. The third-order valence-corrected chi connectivity index (χ3v) is 3.51. The van der Waals surface area contributed by atoms with Crippen molar-refractivity contribution in [3.05, 3.63) is 22.3 Å². The molecule has 1 fully saturated rings. The molecule has 94 valence electrons. The largest absolute Gasteiger partial charge is 0.496 e. The van der Waals surface area contributed by atoms with Crippen LogP contribution in [0.4, 0.5) is 0 Å². The molecule has 1 atom stereocenters. The van der Waals surface area contributed by atoms with E-state index in [0.717, 1.165) is 40.4 Å². The molecular weight excluding hydrogens is 216 g/mol. The third-order valence-electron chi connectivity index (χ3n) is 3.51. The number of ether oxygens (including phenoxy) is 3. The average Bonchev–Trinajstić information content (AvgIpc) is 3.11. The molecular formula is C14H20O3. The Bertz CT molecular complexity index is 405. The fourth-order valence-electron chi connectivity index (χ4n) is 2.11. The Morgan fingerprint density at radius 2 is 1.47 bits per heavy atom. The van der Waals surface area contributed by atoms with Gasteiger partial charge in [-0.25, -0.2) is 0 Å². The molecule has 2 rings (SSSR count). The lowest BCUT2D eigenvalue weighted by molar-refractivity contribution is 0.259. The van der Waals surface area contributed by atoms with E-state index < -0.39 is 0 Å². The Hall–Kier alpha value is -1.22. The molecule has 0 bridgehead atoms. The van der Waals surface area contributed by atoms with Gasteiger partial charge in [0.25, 0.3) is 0 Å². The first-order chi connectivity index (χ1) is 8.06. The summed E-state index contributed by atoms with van der Waals surface area (Å²) in [7, 11) is 1.72. The quantitative estimate of drug-likeness (QED) is 0.753. The van der Waals surface area contributed by atoms with Crippen LogP contribution in [0.15, 0.2) is 0 Å². The maximum atomic E-state index is 5.87. The van der Waals surface area contributed by atoms with Crippen LogP contribution in [-0.2, 0) is 4.74 Å². The minimum Gasteiger partial charge on any atom is -0.496 e. The van der Waals surface area contributed by atoms with Crippen LogP contribution in [0.2, 0.25) is 0 Å². The lowest BCUT2D eigenvalue weighted by Crippen LogP contribution is -2.08. The van der Waals surface area contributed by atoms with Crippen LogP contribution in [0.5, 0.6) is 11.5 Å². The van der Waals surface area contributed by atoms with Gasteiger partial charge in [-0.2, -0.15) is 0 Å². The van der Waals surface area contributed by atoms with Gasteiger partial charge in [0.1, 0.15) is 24.2 Å². The first kappa shape index (κ1) is 12.2. The van der Waals surface area contributed by atoms with Crippen LogP contribution in [-0.4, -0.2) is 26.4 Å². The molecule has 0 aliphatic carbocycles. The number of hydrogen-bond acceptors (Lipinski definition) is 3. The zero-order valence-corrected chi connectivity index (χ0v) is 11.2. The Morgan fingerprint density at radius 1 is 1.00 bits per heavy atom. The van der Waals surface area contributed by atoms with Gasteiger partial charge in [-0.1, -0.05) is 0 Å². The van der Waals surface area contributed by atoms with Crippen molar-refractivity contribution in [3.63, 3.8) is 0 Å². The van der Waals surface area contributed by atoms with Crippen molar-refractivity contribution in [1.82, 2.24) is 0 Å². The number of hydrogen-bond donors (Lipinski definition) is 0. The molecule has 1 aliphatic heterocycles. The molecule has 3 nitrogen and oxygen atoms in total. The van der Waals surface area contributed by atoms with Crippen molar-refractivity contribution in [2.24, 2.45) is 0 Å². The molecule has 1 unspecified atom stereocenters. The third kappa shape index (κ3) is 2.25. The highest BCUT2D eigenvalue weighted by Crippen LogP contribution is 2.37. The summed E-state index contributed by atoms with van der Waals surface area (Å²) >= 11 is 0. The first-order valence-corrected chi connectivity index (χ1v) is 5.95. The summed E-state index contributed by atoms with van der Waals surface area (Å²) < 4.78 is 16.5. The second-order valence-corrected chi connectivity index (χ2v) is 4.63. The summed E-state index contributed by atoms with van der Waals surface area (Å²) in [6.45, 7) is 9.77. The Balaban J connectivity index is 2.36. The van der Waals surface area contributed by atoms with E-state index in [1.165, 1.54) is 0 Å². The van der Waals surface area contributed by atoms with Gasteiger partial charge in [-0.3, -0.25) is 0 Å². The van der Waals surface area contributed by atoms with Crippen molar-refractivity contribution in [1.29, 1.82) is 0 Å².